The molecular weight excluding hydrogens is 500 g/mol. The third-order valence-corrected chi connectivity index (χ3v) is 6.79. The largest absolute Gasteiger partial charge is 0.497 e. The number of fused-ring (bicyclic) bond motifs is 1. The molecular formula is C32H32N6O2. The van der Waals surface area contributed by atoms with Crippen LogP contribution in [0, 0.1) is 5.92 Å². The molecule has 40 heavy (non-hydrogen) atoms. The molecule has 0 atom stereocenters. The van der Waals surface area contributed by atoms with Crippen LogP contribution in [-0.4, -0.2) is 32.6 Å². The van der Waals surface area contributed by atoms with Gasteiger partial charge in [-0.05, 0) is 28.8 Å². The maximum absolute atomic E-state index is 12.7. The van der Waals surface area contributed by atoms with Gasteiger partial charge in [-0.1, -0.05) is 92.7 Å². The van der Waals surface area contributed by atoms with Crippen LogP contribution >= 0.6 is 0 Å². The summed E-state index contributed by atoms with van der Waals surface area (Å²) in [4.78, 5) is 22.1. The average Bonchev–Trinajstić information content (AvgIpc) is 3.39. The first-order chi connectivity index (χ1) is 19.5. The van der Waals surface area contributed by atoms with Gasteiger partial charge in [0, 0.05) is 12.3 Å². The number of nitrogens with zero attached hydrogens (tertiary/aromatic N) is 4. The first-order valence-electron chi connectivity index (χ1n) is 13.2. The maximum atomic E-state index is 12.7. The summed E-state index contributed by atoms with van der Waals surface area (Å²) in [5, 5.41) is 11.2. The minimum Gasteiger partial charge on any atom is -0.497 e. The molecule has 2 N–H and O–H groups in total. The molecule has 0 aliphatic heterocycles. The predicted molar refractivity (Wildman–Crippen MR) is 158 cm³/mol. The van der Waals surface area contributed by atoms with Crippen LogP contribution in [0.1, 0.15) is 36.2 Å². The van der Waals surface area contributed by atoms with E-state index in [1.165, 1.54) is 0 Å². The Labute approximate surface area is 233 Å². The van der Waals surface area contributed by atoms with Gasteiger partial charge in [-0.3, -0.25) is 10.1 Å². The number of amides is 1. The lowest BCUT2D eigenvalue weighted by molar-refractivity contribution is -0.118. The van der Waals surface area contributed by atoms with Crippen molar-refractivity contribution in [3.63, 3.8) is 0 Å². The van der Waals surface area contributed by atoms with Gasteiger partial charge < -0.3 is 10.1 Å². The zero-order valence-electron chi connectivity index (χ0n) is 22.8. The van der Waals surface area contributed by atoms with Gasteiger partial charge in [0.15, 0.2) is 11.5 Å². The molecule has 0 spiro atoms. The highest BCUT2D eigenvalue weighted by atomic mass is 16.5. The second kappa shape index (κ2) is 11.4. The van der Waals surface area contributed by atoms with Crippen molar-refractivity contribution in [2.75, 3.05) is 17.7 Å². The number of methoxy groups -OCH3 is 1. The van der Waals surface area contributed by atoms with E-state index < -0.39 is 5.54 Å². The van der Waals surface area contributed by atoms with Gasteiger partial charge in [-0.25, -0.2) is 9.50 Å². The van der Waals surface area contributed by atoms with E-state index >= 15 is 0 Å². The third-order valence-electron chi connectivity index (χ3n) is 6.79. The van der Waals surface area contributed by atoms with Crippen LogP contribution in [-0.2, 0) is 16.8 Å². The zero-order chi connectivity index (χ0) is 28.1. The van der Waals surface area contributed by atoms with Crippen molar-refractivity contribution in [1.29, 1.82) is 0 Å². The minimum atomic E-state index is -0.881. The van der Waals surface area contributed by atoms with Crippen molar-refractivity contribution in [3.05, 3.63) is 126 Å². The normalized spacial score (nSPS) is 11.4. The third kappa shape index (κ3) is 5.03. The van der Waals surface area contributed by atoms with Crippen LogP contribution < -0.4 is 15.4 Å². The van der Waals surface area contributed by atoms with Crippen molar-refractivity contribution in [2.24, 2.45) is 5.92 Å². The Bertz CT molecular complexity index is 1570. The standard InChI is InChI=1S/C32H32N6O2/c1-5-12-26-21-33-29-28(34-31(37-38(26)29)35-30(39)22(2)3)36-32(23-13-8-6-9-14-23,24-15-10-7-11-16-24)25-17-19-27(40-4)20-18-25/h5-11,13-22H,1,12H2,2-4H3,(H2,34,35,36,37,39). The Balaban J connectivity index is 1.79. The van der Waals surface area contributed by atoms with Crippen LogP contribution in [0.4, 0.5) is 11.8 Å². The molecule has 5 rings (SSSR count). The molecule has 8 nitrogen and oxygen atoms in total. The smallest absolute Gasteiger partial charge is 0.249 e. The first kappa shape index (κ1) is 26.6. The summed E-state index contributed by atoms with van der Waals surface area (Å²) in [5.74, 6) is 0.986. The van der Waals surface area contributed by atoms with Gasteiger partial charge in [-0.2, -0.15) is 4.98 Å². The molecule has 5 aromatic rings. The van der Waals surface area contributed by atoms with Gasteiger partial charge in [-0.15, -0.1) is 11.7 Å². The van der Waals surface area contributed by atoms with E-state index in [4.69, 9.17) is 9.72 Å². The van der Waals surface area contributed by atoms with Crippen LogP contribution in [0.15, 0.2) is 104 Å². The molecule has 1 amide bonds. The maximum Gasteiger partial charge on any atom is 0.249 e. The number of carbonyl (C=O) groups is 1. The Hall–Kier alpha value is -4.98. The number of aromatic nitrogens is 4. The minimum absolute atomic E-state index is 0.178. The average molecular weight is 533 g/mol. The molecule has 0 aliphatic rings. The number of anilines is 2. The summed E-state index contributed by atoms with van der Waals surface area (Å²) >= 11 is 0. The molecule has 3 aromatic carbocycles. The van der Waals surface area contributed by atoms with Crippen molar-refractivity contribution in [1.82, 2.24) is 19.6 Å². The van der Waals surface area contributed by atoms with Crippen LogP contribution in [0.25, 0.3) is 5.65 Å². The van der Waals surface area contributed by atoms with E-state index in [-0.39, 0.29) is 17.8 Å². The fraction of sp³-hybridized carbons (Fsp3) is 0.188. The van der Waals surface area contributed by atoms with Gasteiger partial charge in [0.25, 0.3) is 0 Å². The van der Waals surface area contributed by atoms with Crippen LogP contribution in [0.3, 0.4) is 0 Å². The SMILES string of the molecule is C=CCc1cnc2c(NC(c3ccccc3)(c3ccccc3)c3ccc(OC)cc3)nc(NC(=O)C(C)C)nn12. The summed E-state index contributed by atoms with van der Waals surface area (Å²) in [6.07, 6.45) is 4.10. The summed E-state index contributed by atoms with van der Waals surface area (Å²) in [6.45, 7) is 7.52. The Morgan fingerprint density at radius 2 is 1.57 bits per heavy atom. The molecule has 0 bridgehead atoms. The summed E-state index contributed by atoms with van der Waals surface area (Å²) in [6, 6.07) is 28.3. The van der Waals surface area contributed by atoms with Crippen molar-refractivity contribution in [2.45, 2.75) is 25.8 Å². The van der Waals surface area contributed by atoms with E-state index in [0.29, 0.717) is 17.9 Å². The van der Waals surface area contributed by atoms with Crippen LogP contribution in [0.5, 0.6) is 5.75 Å². The van der Waals surface area contributed by atoms with E-state index in [9.17, 15) is 4.79 Å². The molecule has 0 saturated carbocycles. The number of ether oxygens (including phenoxy) is 1. The number of hydrogen-bond donors (Lipinski definition) is 2. The highest BCUT2D eigenvalue weighted by Crippen LogP contribution is 2.41. The molecule has 0 saturated heterocycles. The molecule has 202 valence electrons. The summed E-state index contributed by atoms with van der Waals surface area (Å²) < 4.78 is 7.17. The van der Waals surface area contributed by atoms with E-state index in [1.54, 1.807) is 23.9 Å². The van der Waals surface area contributed by atoms with E-state index in [1.807, 2.05) is 74.5 Å². The number of carbonyl (C=O) groups excluding carboxylic acids is 1. The van der Waals surface area contributed by atoms with Gasteiger partial charge in [0.1, 0.15) is 11.3 Å². The number of rotatable bonds is 10. The Morgan fingerprint density at radius 1 is 0.975 bits per heavy atom. The topological polar surface area (TPSA) is 93.4 Å². The Morgan fingerprint density at radius 3 is 2.12 bits per heavy atom. The molecule has 8 heteroatoms. The Kier molecular flexibility index (Phi) is 7.59. The van der Waals surface area contributed by atoms with Crippen molar-refractivity contribution in [3.8, 4) is 5.75 Å². The lowest BCUT2D eigenvalue weighted by atomic mass is 9.77. The molecule has 2 heterocycles. The van der Waals surface area contributed by atoms with E-state index in [2.05, 4.69) is 51.6 Å². The van der Waals surface area contributed by atoms with Crippen molar-refractivity contribution < 1.29 is 9.53 Å². The van der Waals surface area contributed by atoms with Gasteiger partial charge >= 0.3 is 0 Å². The number of imidazole rings is 1. The van der Waals surface area contributed by atoms with Crippen LogP contribution in [0.2, 0.25) is 0 Å². The molecule has 2 aromatic heterocycles. The summed E-state index contributed by atoms with van der Waals surface area (Å²) in [7, 11) is 1.65. The van der Waals surface area contributed by atoms with Gasteiger partial charge in [0.2, 0.25) is 11.9 Å². The highest BCUT2D eigenvalue weighted by Gasteiger charge is 2.38. The number of benzene rings is 3. The number of allylic oxidation sites excluding steroid dienone is 1. The van der Waals surface area contributed by atoms with E-state index in [0.717, 1.165) is 28.1 Å². The highest BCUT2D eigenvalue weighted by molar-refractivity contribution is 5.90. The second-order valence-corrected chi connectivity index (χ2v) is 9.74. The molecule has 0 unspecified atom stereocenters. The molecule has 0 radical (unpaired) electrons. The predicted octanol–water partition coefficient (Wildman–Crippen LogP) is 5.86. The fourth-order valence-electron chi connectivity index (χ4n) is 4.72. The monoisotopic (exact) mass is 532 g/mol. The first-order valence-corrected chi connectivity index (χ1v) is 13.2. The summed E-state index contributed by atoms with van der Waals surface area (Å²) in [5.41, 5.74) is 3.43. The lowest BCUT2D eigenvalue weighted by Crippen LogP contribution is -2.39. The van der Waals surface area contributed by atoms with Gasteiger partial charge in [0.05, 0.1) is 19.0 Å². The number of hydrogen-bond acceptors (Lipinski definition) is 6. The fourth-order valence-corrected chi connectivity index (χ4v) is 4.72. The lowest BCUT2D eigenvalue weighted by Gasteiger charge is -2.37. The molecule has 0 fully saturated rings. The van der Waals surface area contributed by atoms with Crippen molar-refractivity contribution >= 4 is 23.3 Å². The zero-order valence-corrected chi connectivity index (χ0v) is 22.8. The quantitative estimate of drug-likeness (QED) is 0.173. The number of nitrogens with one attached hydrogen (secondary N) is 2. The molecule has 0 aliphatic carbocycles. The second-order valence-electron chi connectivity index (χ2n) is 9.74.